The molecule has 0 fully saturated rings. The number of hydrogen-bond donors (Lipinski definition) is 0. The zero-order chi connectivity index (χ0) is 4.83. The number of allylic oxidation sites excluding steroid dienone is 3. The van der Waals surface area contributed by atoms with Crippen LogP contribution >= 0.6 is 0 Å². The van der Waals surface area contributed by atoms with E-state index in [4.69, 9.17) is 1.37 Å². The van der Waals surface area contributed by atoms with Crippen molar-refractivity contribution in [3.8, 4) is 0 Å². The lowest BCUT2D eigenvalue weighted by atomic mass is 10.5. The Morgan fingerprint density at radius 1 is 2.00 bits per heavy atom. The first kappa shape index (κ1) is 2.70. The Kier molecular flexibility index (Phi) is 1.88. The van der Waals surface area contributed by atoms with E-state index in [0.29, 0.717) is 0 Å². The van der Waals surface area contributed by atoms with E-state index in [1.165, 1.54) is 6.55 Å². The molecule has 0 atom stereocenters. The first-order valence-electron chi connectivity index (χ1n) is 2.15. The Labute approximate surface area is 34.2 Å². The smallest absolute Gasteiger partial charge is 0.0538 e. The van der Waals surface area contributed by atoms with Crippen molar-refractivity contribution in [1.82, 2.24) is 0 Å². The summed E-state index contributed by atoms with van der Waals surface area (Å²) < 4.78 is 6.47. The van der Waals surface area contributed by atoms with Crippen LogP contribution in [0.25, 0.3) is 0 Å². The van der Waals surface area contributed by atoms with Gasteiger partial charge in [-0.3, -0.25) is 0 Å². The summed E-state index contributed by atoms with van der Waals surface area (Å²) in [7, 11) is 0. The normalized spacial score (nSPS) is 14.2. The van der Waals surface area contributed by atoms with Crippen molar-refractivity contribution in [2.24, 2.45) is 0 Å². The zero-order valence-corrected chi connectivity index (χ0v) is 3.31. The van der Waals surface area contributed by atoms with Crippen molar-refractivity contribution in [1.29, 1.82) is 0 Å². The monoisotopic (exact) mass is 69.1 g/mol. The highest BCUT2D eigenvalue weighted by molar-refractivity contribution is 4.94. The van der Waals surface area contributed by atoms with E-state index in [2.05, 4.69) is 0 Å². The molecule has 0 aliphatic heterocycles. The predicted octanol–water partition coefficient (Wildman–Crippen LogP) is 1.75. The summed E-state index contributed by atoms with van der Waals surface area (Å²) in [6.45, 7) is 3.17. The predicted molar refractivity (Wildman–Crippen MR) is 25.0 cm³/mol. The third-order valence-corrected chi connectivity index (χ3v) is 0.304. The first-order valence-corrected chi connectivity index (χ1v) is 1.58. The van der Waals surface area contributed by atoms with Crippen molar-refractivity contribution in [2.45, 2.75) is 6.92 Å². The van der Waals surface area contributed by atoms with Gasteiger partial charge in [0.2, 0.25) is 0 Å². The van der Waals surface area contributed by atoms with Crippen LogP contribution in [0.5, 0.6) is 0 Å². The van der Waals surface area contributed by atoms with E-state index < -0.39 is 0 Å². The van der Waals surface area contributed by atoms with E-state index in [9.17, 15) is 0 Å². The van der Waals surface area contributed by atoms with Crippen molar-refractivity contribution in [2.75, 3.05) is 0 Å². The summed E-state index contributed by atoms with van der Waals surface area (Å²) in [6.07, 6.45) is 5.36. The van der Waals surface area contributed by atoms with E-state index in [0.717, 1.165) is 0 Å². The van der Waals surface area contributed by atoms with Crippen molar-refractivity contribution in [3.05, 3.63) is 24.8 Å². The van der Waals surface area contributed by atoms with E-state index >= 15 is 0 Å². The van der Waals surface area contributed by atoms with Crippen LogP contribution in [0.1, 0.15) is 8.29 Å². The van der Waals surface area contributed by atoms with Gasteiger partial charge in [0.15, 0.2) is 0 Å². The highest BCUT2D eigenvalue weighted by Crippen LogP contribution is 1.64. The number of rotatable bonds is 1. The molecule has 0 unspecified atom stereocenters. The van der Waals surface area contributed by atoms with Gasteiger partial charge in [0, 0.05) is 0 Å². The second-order valence-corrected chi connectivity index (χ2v) is 0.718. The van der Waals surface area contributed by atoms with Crippen LogP contribution in [0.3, 0.4) is 0 Å². The van der Waals surface area contributed by atoms with Crippen LogP contribution in [0.2, 0.25) is 0 Å². The summed E-state index contributed by atoms with van der Waals surface area (Å²) in [5.74, 6) is 0. The van der Waals surface area contributed by atoms with Gasteiger partial charge in [-0.25, -0.2) is 0 Å². The van der Waals surface area contributed by atoms with E-state index in [1.54, 1.807) is 6.08 Å². The molecule has 0 aliphatic carbocycles. The average Bonchev–Trinajstić information content (AvgIpc) is 1.61. The highest BCUT2D eigenvalue weighted by Gasteiger charge is 1.42. The van der Waals surface area contributed by atoms with Crippen molar-refractivity contribution < 1.29 is 1.37 Å². The molecule has 0 spiro atoms. The molecule has 0 saturated heterocycles. The quantitative estimate of drug-likeness (QED) is 0.411. The van der Waals surface area contributed by atoms with Gasteiger partial charge in [0.1, 0.15) is 0 Å². The molecule has 28 valence electrons. The summed E-state index contributed by atoms with van der Waals surface area (Å²) >= 11 is 0. The fraction of sp³-hybridized carbons (Fsp3) is 0.200. The van der Waals surface area contributed by atoms with Crippen molar-refractivity contribution in [3.63, 3.8) is 0 Å². The third kappa shape index (κ3) is 3.48. The molecule has 0 nitrogen and oxygen atoms in total. The minimum atomic E-state index is 1.25. The molecular weight excluding hydrogens is 60.1 g/mol. The molecule has 5 heavy (non-hydrogen) atoms. The molecule has 0 aromatic rings. The van der Waals surface area contributed by atoms with Gasteiger partial charge < -0.3 is 0 Å². The summed E-state index contributed by atoms with van der Waals surface area (Å²) in [5, 5.41) is 0. The molecule has 0 rings (SSSR count). The Bertz CT molecular complexity index is 52.3. The number of hydrogen-bond acceptors (Lipinski definition) is 0. The fourth-order valence-electron chi connectivity index (χ4n) is 0.111. The molecule has 0 aliphatic rings. The molecule has 0 amide bonds. The molecule has 0 saturated carbocycles. The zero-order valence-electron chi connectivity index (χ0n) is 4.31. The van der Waals surface area contributed by atoms with Gasteiger partial charge in [0.25, 0.3) is 0 Å². The van der Waals surface area contributed by atoms with E-state index in [1.807, 2.05) is 19.1 Å². The fourth-order valence-corrected chi connectivity index (χ4v) is 0.111. The lowest BCUT2D eigenvalue weighted by Gasteiger charge is -1.56. The molecule has 0 aromatic heterocycles. The molecular formula is C5H8. The van der Waals surface area contributed by atoms with Crippen LogP contribution in [0.15, 0.2) is 24.8 Å². The summed E-state index contributed by atoms with van der Waals surface area (Å²) in [5.41, 5.74) is 0. The maximum Gasteiger partial charge on any atom is 0.0538 e. The van der Waals surface area contributed by atoms with Gasteiger partial charge in [-0.1, -0.05) is 24.8 Å². The molecule has 0 radical (unpaired) electrons. The molecule has 0 heteroatoms. The van der Waals surface area contributed by atoms with Crippen LogP contribution < -0.4 is 0 Å². The average molecular weight is 69.1 g/mol. The van der Waals surface area contributed by atoms with Gasteiger partial charge >= 0.3 is 0 Å². The van der Waals surface area contributed by atoms with Crippen LogP contribution in [-0.4, -0.2) is 0 Å². The molecule has 0 bridgehead atoms. The Morgan fingerprint density at radius 2 is 2.80 bits per heavy atom. The van der Waals surface area contributed by atoms with Crippen molar-refractivity contribution >= 4 is 0 Å². The van der Waals surface area contributed by atoms with E-state index in [-0.39, 0.29) is 0 Å². The summed E-state index contributed by atoms with van der Waals surface area (Å²) in [4.78, 5) is 0. The molecule has 0 heterocycles. The van der Waals surface area contributed by atoms with Gasteiger partial charge in [-0.05, 0) is 6.92 Å². The summed E-state index contributed by atoms with van der Waals surface area (Å²) in [6, 6.07) is 0. The Balaban J connectivity index is 3.07. The minimum absolute atomic E-state index is 1.25. The van der Waals surface area contributed by atoms with Crippen LogP contribution in [-0.2, 0) is 0 Å². The first-order chi connectivity index (χ1) is 2.91. The van der Waals surface area contributed by atoms with Crippen LogP contribution in [0.4, 0.5) is 0 Å². The Hall–Kier alpha value is -0.520. The Morgan fingerprint density at radius 3 is 3.00 bits per heavy atom. The molecule has 0 N–H and O–H groups in total. The topological polar surface area (TPSA) is 0 Å². The SMILES string of the molecule is [2H]C=C/C=C/C. The third-order valence-electron chi connectivity index (χ3n) is 0.304. The largest absolute Gasteiger partial charge is 0.0991 e. The second-order valence-electron chi connectivity index (χ2n) is 0.718. The second kappa shape index (κ2) is 3.48. The highest BCUT2D eigenvalue weighted by atomic mass is 13.5. The lowest BCUT2D eigenvalue weighted by molar-refractivity contribution is 1.74. The maximum absolute atomic E-state index is 6.47. The maximum atomic E-state index is 6.47. The standard InChI is InChI=1S/C5H8/c1-3-5-4-2/h3-5H,1H2,2H3/b5-4+/i1D/b3-1?,5-4+. The van der Waals surface area contributed by atoms with Gasteiger partial charge in [0.05, 0.1) is 1.37 Å². The molecule has 0 aromatic carbocycles. The lowest BCUT2D eigenvalue weighted by Crippen LogP contribution is -1.33. The van der Waals surface area contributed by atoms with Gasteiger partial charge in [-0.15, -0.1) is 0 Å². The van der Waals surface area contributed by atoms with Crippen LogP contribution in [0, 0.1) is 0 Å². The minimum Gasteiger partial charge on any atom is -0.0991 e. The van der Waals surface area contributed by atoms with Gasteiger partial charge in [-0.2, -0.15) is 0 Å².